The summed E-state index contributed by atoms with van der Waals surface area (Å²) in [5, 5.41) is 5.58. The van der Waals surface area contributed by atoms with E-state index in [4.69, 9.17) is 0 Å². The Morgan fingerprint density at radius 1 is 1.26 bits per heavy atom. The second-order valence-corrected chi connectivity index (χ2v) is 4.45. The first-order chi connectivity index (χ1) is 11.2. The van der Waals surface area contributed by atoms with Crippen LogP contribution in [-0.4, -0.2) is 35.5 Å². The van der Waals surface area contributed by atoms with Crippen molar-refractivity contribution in [1.29, 1.82) is 0 Å². The van der Waals surface area contributed by atoms with Gasteiger partial charge in [-0.2, -0.15) is 0 Å². The Labute approximate surface area is 133 Å². The first-order valence-corrected chi connectivity index (χ1v) is 6.81. The number of para-hydroxylation sites is 1. The number of esters is 1. The molecule has 0 radical (unpaired) electrons. The summed E-state index contributed by atoms with van der Waals surface area (Å²) < 4.78 is 4.68. The number of aromatic nitrogens is 2. The van der Waals surface area contributed by atoms with Crippen LogP contribution in [0.3, 0.4) is 0 Å². The Morgan fingerprint density at radius 3 is 2.70 bits per heavy atom. The average molecular weight is 312 g/mol. The van der Waals surface area contributed by atoms with Crippen LogP contribution < -0.4 is 10.6 Å². The first-order valence-electron chi connectivity index (χ1n) is 6.81. The van der Waals surface area contributed by atoms with E-state index in [1.807, 2.05) is 0 Å². The minimum atomic E-state index is -0.532. The van der Waals surface area contributed by atoms with Crippen molar-refractivity contribution < 1.29 is 14.3 Å². The molecule has 1 aromatic carbocycles. The molecule has 2 aromatic rings. The molecule has 0 unspecified atom stereocenters. The molecule has 1 aromatic heterocycles. The molecule has 0 aliphatic heterocycles. The molecule has 118 valence electrons. The molecule has 1 amide bonds. The van der Waals surface area contributed by atoms with Gasteiger partial charge in [0.05, 0.1) is 30.8 Å². The van der Waals surface area contributed by atoms with E-state index < -0.39 is 11.9 Å². The molecule has 2 rings (SSSR count). The van der Waals surface area contributed by atoms with E-state index in [1.165, 1.54) is 19.5 Å². The quantitative estimate of drug-likeness (QED) is 0.627. The molecule has 0 fully saturated rings. The smallest absolute Gasteiger partial charge is 0.339 e. The lowest BCUT2D eigenvalue weighted by Crippen LogP contribution is -2.17. The third-order valence-electron chi connectivity index (χ3n) is 2.89. The molecule has 0 aliphatic carbocycles. The minimum Gasteiger partial charge on any atom is -0.465 e. The summed E-state index contributed by atoms with van der Waals surface area (Å²) in [6.07, 6.45) is 4.48. The van der Waals surface area contributed by atoms with E-state index in [0.29, 0.717) is 18.1 Å². The summed E-state index contributed by atoms with van der Waals surface area (Å²) in [4.78, 5) is 32.0. The van der Waals surface area contributed by atoms with Crippen LogP contribution in [0, 0.1) is 0 Å². The van der Waals surface area contributed by atoms with Gasteiger partial charge in [-0.1, -0.05) is 18.2 Å². The molecule has 0 atom stereocenters. The van der Waals surface area contributed by atoms with Gasteiger partial charge in [-0.15, -0.1) is 6.58 Å². The molecular formula is C16H16N4O3. The van der Waals surface area contributed by atoms with Crippen LogP contribution in [0.2, 0.25) is 0 Å². The average Bonchev–Trinajstić information content (AvgIpc) is 2.60. The van der Waals surface area contributed by atoms with Crippen molar-refractivity contribution in [2.24, 2.45) is 0 Å². The van der Waals surface area contributed by atoms with Gasteiger partial charge in [0.15, 0.2) is 0 Å². The fraction of sp³-hybridized carbons (Fsp3) is 0.125. The number of hydrogen-bond donors (Lipinski definition) is 2. The van der Waals surface area contributed by atoms with Crippen LogP contribution in [0.15, 0.2) is 49.3 Å². The summed E-state index contributed by atoms with van der Waals surface area (Å²) in [7, 11) is 1.28. The number of anilines is 2. The molecule has 0 saturated heterocycles. The molecule has 0 spiro atoms. The SMILES string of the molecule is C=CCNc1cnc(C(=O)Nc2ccccc2C(=O)OC)cn1. The number of amides is 1. The highest BCUT2D eigenvalue weighted by Gasteiger charge is 2.15. The largest absolute Gasteiger partial charge is 0.465 e. The molecule has 23 heavy (non-hydrogen) atoms. The number of rotatable bonds is 6. The molecule has 1 heterocycles. The lowest BCUT2D eigenvalue weighted by atomic mass is 10.1. The van der Waals surface area contributed by atoms with Gasteiger partial charge < -0.3 is 15.4 Å². The zero-order valence-electron chi connectivity index (χ0n) is 12.6. The first kappa shape index (κ1) is 16.2. The van der Waals surface area contributed by atoms with Crippen molar-refractivity contribution in [2.75, 3.05) is 24.3 Å². The zero-order chi connectivity index (χ0) is 16.7. The number of methoxy groups -OCH3 is 1. The highest BCUT2D eigenvalue weighted by molar-refractivity contribution is 6.06. The van der Waals surface area contributed by atoms with Crippen LogP contribution in [0.4, 0.5) is 11.5 Å². The van der Waals surface area contributed by atoms with Gasteiger partial charge in [-0.25, -0.2) is 14.8 Å². The topological polar surface area (TPSA) is 93.2 Å². The molecule has 2 N–H and O–H groups in total. The van der Waals surface area contributed by atoms with Gasteiger partial charge in [-0.3, -0.25) is 4.79 Å². The number of benzene rings is 1. The number of carbonyl (C=O) groups excluding carboxylic acids is 2. The summed E-state index contributed by atoms with van der Waals surface area (Å²) in [5.74, 6) is -0.462. The number of nitrogens with zero attached hydrogens (tertiary/aromatic N) is 2. The number of nitrogens with one attached hydrogen (secondary N) is 2. The Bertz CT molecular complexity index is 714. The molecule has 7 heteroatoms. The molecular weight excluding hydrogens is 296 g/mol. The summed E-state index contributed by atoms with van der Waals surface area (Å²) in [6.45, 7) is 4.13. The predicted molar refractivity (Wildman–Crippen MR) is 86.5 cm³/mol. The van der Waals surface area contributed by atoms with Gasteiger partial charge in [0.25, 0.3) is 5.91 Å². The maximum atomic E-state index is 12.2. The summed E-state index contributed by atoms with van der Waals surface area (Å²) in [6, 6.07) is 6.56. The van der Waals surface area contributed by atoms with Gasteiger partial charge in [0.2, 0.25) is 0 Å². The van der Waals surface area contributed by atoms with Crippen LogP contribution in [0.25, 0.3) is 0 Å². The van der Waals surface area contributed by atoms with Crippen molar-refractivity contribution >= 4 is 23.4 Å². The Morgan fingerprint density at radius 2 is 2.04 bits per heavy atom. The van der Waals surface area contributed by atoms with E-state index in [-0.39, 0.29) is 11.3 Å². The summed E-state index contributed by atoms with van der Waals surface area (Å²) in [5.41, 5.74) is 0.745. The fourth-order valence-corrected chi connectivity index (χ4v) is 1.78. The van der Waals surface area contributed by atoms with Crippen molar-refractivity contribution in [1.82, 2.24) is 9.97 Å². The Balaban J connectivity index is 2.13. The standard InChI is InChI=1S/C16H16N4O3/c1-3-8-17-14-10-18-13(9-19-14)15(21)20-12-7-5-4-6-11(12)16(22)23-2/h3-7,9-10H,1,8H2,2H3,(H,17,19)(H,20,21). The molecule has 7 nitrogen and oxygen atoms in total. The summed E-state index contributed by atoms with van der Waals surface area (Å²) >= 11 is 0. The van der Waals surface area contributed by atoms with Crippen molar-refractivity contribution in [3.05, 3.63) is 60.6 Å². The van der Waals surface area contributed by atoms with Crippen LogP contribution >= 0.6 is 0 Å². The molecule has 0 saturated carbocycles. The van der Waals surface area contributed by atoms with E-state index >= 15 is 0 Å². The second kappa shape index (κ2) is 7.69. The maximum Gasteiger partial charge on any atom is 0.339 e. The fourth-order valence-electron chi connectivity index (χ4n) is 1.78. The highest BCUT2D eigenvalue weighted by atomic mass is 16.5. The van der Waals surface area contributed by atoms with Crippen molar-refractivity contribution in [3.8, 4) is 0 Å². The number of ether oxygens (including phenoxy) is 1. The van der Waals surface area contributed by atoms with E-state index in [9.17, 15) is 9.59 Å². The highest BCUT2D eigenvalue weighted by Crippen LogP contribution is 2.16. The maximum absolute atomic E-state index is 12.2. The van der Waals surface area contributed by atoms with E-state index in [1.54, 1.807) is 30.3 Å². The Hall–Kier alpha value is -3.22. The van der Waals surface area contributed by atoms with Gasteiger partial charge in [-0.05, 0) is 12.1 Å². The number of carbonyl (C=O) groups is 2. The second-order valence-electron chi connectivity index (χ2n) is 4.45. The van der Waals surface area contributed by atoms with Crippen molar-refractivity contribution in [3.63, 3.8) is 0 Å². The third-order valence-corrected chi connectivity index (χ3v) is 2.89. The van der Waals surface area contributed by atoms with Gasteiger partial charge in [0, 0.05) is 6.54 Å². The monoisotopic (exact) mass is 312 g/mol. The Kier molecular flexibility index (Phi) is 5.40. The third kappa shape index (κ3) is 4.13. The van der Waals surface area contributed by atoms with E-state index in [2.05, 4.69) is 31.9 Å². The predicted octanol–water partition coefficient (Wildman–Crippen LogP) is 2.11. The van der Waals surface area contributed by atoms with Crippen LogP contribution in [0.1, 0.15) is 20.8 Å². The van der Waals surface area contributed by atoms with Crippen LogP contribution in [-0.2, 0) is 4.74 Å². The van der Waals surface area contributed by atoms with Gasteiger partial charge >= 0.3 is 5.97 Å². The van der Waals surface area contributed by atoms with Crippen LogP contribution in [0.5, 0.6) is 0 Å². The molecule has 0 bridgehead atoms. The lowest BCUT2D eigenvalue weighted by Gasteiger charge is -2.09. The molecule has 0 aliphatic rings. The van der Waals surface area contributed by atoms with E-state index in [0.717, 1.165) is 0 Å². The number of hydrogen-bond acceptors (Lipinski definition) is 6. The van der Waals surface area contributed by atoms with Crippen molar-refractivity contribution in [2.45, 2.75) is 0 Å². The van der Waals surface area contributed by atoms with Gasteiger partial charge in [0.1, 0.15) is 11.5 Å². The lowest BCUT2D eigenvalue weighted by molar-refractivity contribution is 0.0602. The normalized spacial score (nSPS) is 9.78. The zero-order valence-corrected chi connectivity index (χ0v) is 12.6. The minimum absolute atomic E-state index is 0.133.